The second kappa shape index (κ2) is 8.68. The van der Waals surface area contributed by atoms with Crippen molar-refractivity contribution in [3.63, 3.8) is 0 Å². The van der Waals surface area contributed by atoms with Gasteiger partial charge < -0.3 is 5.11 Å². The van der Waals surface area contributed by atoms with Gasteiger partial charge in [0.15, 0.2) is 0 Å². The molecule has 0 aromatic rings. The minimum absolute atomic E-state index is 0.0839. The van der Waals surface area contributed by atoms with E-state index in [4.69, 9.17) is 0 Å². The normalized spacial score (nSPS) is 26.9. The van der Waals surface area contributed by atoms with Crippen molar-refractivity contribution in [3.05, 3.63) is 0 Å². The molecule has 1 aliphatic carbocycles. The first-order valence-electron chi connectivity index (χ1n) is 7.46. The Kier molecular flexibility index (Phi) is 7.50. The molecule has 2 unspecified atom stereocenters. The summed E-state index contributed by atoms with van der Waals surface area (Å²) in [6, 6.07) is 0. The van der Waals surface area contributed by atoms with Gasteiger partial charge in [0.2, 0.25) is 0 Å². The molecule has 0 aromatic heterocycles. The SMILES string of the molecule is CCC(O)C1CCCCCCCCCCC1=O. The van der Waals surface area contributed by atoms with Crippen molar-refractivity contribution in [2.45, 2.75) is 83.7 Å². The largest absolute Gasteiger partial charge is 0.392 e. The summed E-state index contributed by atoms with van der Waals surface area (Å²) in [7, 11) is 0. The molecule has 0 spiro atoms. The quantitative estimate of drug-likeness (QED) is 0.796. The molecule has 0 radical (unpaired) electrons. The smallest absolute Gasteiger partial charge is 0.138 e. The molecule has 0 heterocycles. The lowest BCUT2D eigenvalue weighted by Gasteiger charge is -2.21. The van der Waals surface area contributed by atoms with Crippen LogP contribution in [0.5, 0.6) is 0 Å². The van der Waals surface area contributed by atoms with Crippen LogP contribution in [0.25, 0.3) is 0 Å². The van der Waals surface area contributed by atoms with Gasteiger partial charge in [-0.3, -0.25) is 4.79 Å². The average Bonchev–Trinajstić information content (AvgIpc) is 2.33. The van der Waals surface area contributed by atoms with Crippen molar-refractivity contribution in [2.24, 2.45) is 5.92 Å². The first-order chi connectivity index (χ1) is 8.25. The monoisotopic (exact) mass is 240 g/mol. The Labute approximate surface area is 106 Å². The van der Waals surface area contributed by atoms with E-state index in [1.54, 1.807) is 0 Å². The van der Waals surface area contributed by atoms with Crippen LogP contribution in [0.3, 0.4) is 0 Å². The van der Waals surface area contributed by atoms with Crippen LogP contribution in [0, 0.1) is 5.92 Å². The fourth-order valence-corrected chi connectivity index (χ4v) is 2.76. The van der Waals surface area contributed by atoms with Crippen LogP contribution in [0.4, 0.5) is 0 Å². The summed E-state index contributed by atoms with van der Waals surface area (Å²) in [6.07, 6.45) is 11.6. The molecule has 100 valence electrons. The van der Waals surface area contributed by atoms with E-state index in [9.17, 15) is 9.90 Å². The van der Waals surface area contributed by atoms with Gasteiger partial charge in [0.1, 0.15) is 5.78 Å². The van der Waals surface area contributed by atoms with E-state index in [0.29, 0.717) is 18.6 Å². The number of aliphatic hydroxyl groups excluding tert-OH is 1. The zero-order valence-electron chi connectivity index (χ0n) is 11.3. The van der Waals surface area contributed by atoms with E-state index >= 15 is 0 Å². The Balaban J connectivity index is 2.48. The molecule has 0 aliphatic heterocycles. The van der Waals surface area contributed by atoms with Crippen molar-refractivity contribution in [2.75, 3.05) is 0 Å². The number of hydrogen-bond acceptors (Lipinski definition) is 2. The summed E-state index contributed by atoms with van der Waals surface area (Å²) < 4.78 is 0. The third kappa shape index (κ3) is 5.67. The van der Waals surface area contributed by atoms with Crippen LogP contribution in [-0.2, 0) is 4.79 Å². The highest BCUT2D eigenvalue weighted by Crippen LogP contribution is 2.22. The number of hydrogen-bond donors (Lipinski definition) is 1. The summed E-state index contributed by atoms with van der Waals surface area (Å²) in [5, 5.41) is 9.94. The van der Waals surface area contributed by atoms with Gasteiger partial charge in [0.05, 0.1) is 6.10 Å². The van der Waals surface area contributed by atoms with Crippen LogP contribution >= 0.6 is 0 Å². The first kappa shape index (κ1) is 14.7. The Hall–Kier alpha value is -0.370. The topological polar surface area (TPSA) is 37.3 Å². The highest BCUT2D eigenvalue weighted by molar-refractivity contribution is 5.81. The number of ketones is 1. The maximum atomic E-state index is 12.1. The van der Waals surface area contributed by atoms with Crippen molar-refractivity contribution in [1.29, 1.82) is 0 Å². The van der Waals surface area contributed by atoms with Gasteiger partial charge in [-0.2, -0.15) is 0 Å². The number of carbonyl (C=O) groups excluding carboxylic acids is 1. The highest BCUT2D eigenvalue weighted by Gasteiger charge is 2.24. The van der Waals surface area contributed by atoms with Gasteiger partial charge in [-0.1, -0.05) is 51.9 Å². The van der Waals surface area contributed by atoms with Crippen LogP contribution in [0.15, 0.2) is 0 Å². The third-order valence-electron chi connectivity index (χ3n) is 3.98. The zero-order valence-corrected chi connectivity index (χ0v) is 11.3. The fourth-order valence-electron chi connectivity index (χ4n) is 2.76. The van der Waals surface area contributed by atoms with E-state index < -0.39 is 6.10 Å². The van der Waals surface area contributed by atoms with Gasteiger partial charge >= 0.3 is 0 Å². The fraction of sp³-hybridized carbons (Fsp3) is 0.933. The molecule has 0 bridgehead atoms. The summed E-state index contributed by atoms with van der Waals surface area (Å²) in [6.45, 7) is 1.97. The average molecular weight is 240 g/mol. The van der Waals surface area contributed by atoms with Crippen LogP contribution in [-0.4, -0.2) is 17.0 Å². The zero-order chi connectivity index (χ0) is 12.5. The molecule has 0 aromatic carbocycles. The second-order valence-corrected chi connectivity index (χ2v) is 5.42. The minimum Gasteiger partial charge on any atom is -0.392 e. The predicted octanol–water partition coefficient (Wildman–Crippen LogP) is 3.86. The summed E-state index contributed by atoms with van der Waals surface area (Å²) in [4.78, 5) is 12.1. The Morgan fingerprint density at radius 2 is 1.59 bits per heavy atom. The second-order valence-electron chi connectivity index (χ2n) is 5.42. The number of Topliss-reactive ketones (excluding diaryl/α,β-unsaturated/α-hetero) is 1. The van der Waals surface area contributed by atoms with E-state index in [1.165, 1.54) is 38.5 Å². The molecule has 0 saturated heterocycles. The third-order valence-corrected chi connectivity index (χ3v) is 3.98. The molecule has 2 nitrogen and oxygen atoms in total. The molecule has 2 heteroatoms. The number of aliphatic hydroxyl groups is 1. The van der Waals surface area contributed by atoms with Crippen molar-refractivity contribution in [1.82, 2.24) is 0 Å². The summed E-state index contributed by atoms with van der Waals surface area (Å²) in [5.41, 5.74) is 0. The Morgan fingerprint density at radius 3 is 2.18 bits per heavy atom. The molecule has 0 amide bonds. The van der Waals surface area contributed by atoms with Gasteiger partial charge in [0, 0.05) is 12.3 Å². The van der Waals surface area contributed by atoms with Gasteiger partial charge in [-0.25, -0.2) is 0 Å². The van der Waals surface area contributed by atoms with Gasteiger partial charge in [-0.05, 0) is 19.3 Å². The predicted molar refractivity (Wildman–Crippen MR) is 71.0 cm³/mol. The van der Waals surface area contributed by atoms with Crippen LogP contribution < -0.4 is 0 Å². The Morgan fingerprint density at radius 1 is 1.06 bits per heavy atom. The number of rotatable bonds is 2. The Bertz CT molecular complexity index is 213. The molecule has 17 heavy (non-hydrogen) atoms. The van der Waals surface area contributed by atoms with Crippen molar-refractivity contribution >= 4 is 5.78 Å². The molecular weight excluding hydrogens is 212 g/mol. The van der Waals surface area contributed by atoms with E-state index in [1.807, 2.05) is 6.92 Å². The van der Waals surface area contributed by atoms with E-state index in [0.717, 1.165) is 19.3 Å². The maximum absolute atomic E-state index is 12.1. The van der Waals surface area contributed by atoms with Gasteiger partial charge in [-0.15, -0.1) is 0 Å². The van der Waals surface area contributed by atoms with Crippen molar-refractivity contribution in [3.8, 4) is 0 Å². The van der Waals surface area contributed by atoms with Crippen LogP contribution in [0.1, 0.15) is 77.6 Å². The molecule has 1 fully saturated rings. The van der Waals surface area contributed by atoms with Crippen molar-refractivity contribution < 1.29 is 9.90 Å². The lowest BCUT2D eigenvalue weighted by molar-refractivity contribution is -0.127. The van der Waals surface area contributed by atoms with E-state index in [2.05, 4.69) is 0 Å². The minimum atomic E-state index is -0.412. The molecule has 1 saturated carbocycles. The van der Waals surface area contributed by atoms with E-state index in [-0.39, 0.29) is 5.92 Å². The standard InChI is InChI=1S/C15H28O2/c1-2-14(16)13-11-9-7-5-3-4-6-8-10-12-15(13)17/h13-14,16H,2-12H2,1H3. The summed E-state index contributed by atoms with van der Waals surface area (Å²) in [5.74, 6) is 0.222. The van der Waals surface area contributed by atoms with Crippen LogP contribution in [0.2, 0.25) is 0 Å². The maximum Gasteiger partial charge on any atom is 0.138 e. The number of carbonyl (C=O) groups is 1. The first-order valence-corrected chi connectivity index (χ1v) is 7.46. The lowest BCUT2D eigenvalue weighted by Crippen LogP contribution is -2.27. The molecule has 1 aliphatic rings. The summed E-state index contributed by atoms with van der Waals surface area (Å²) >= 11 is 0. The highest BCUT2D eigenvalue weighted by atomic mass is 16.3. The van der Waals surface area contributed by atoms with Gasteiger partial charge in [0.25, 0.3) is 0 Å². The molecule has 1 N–H and O–H groups in total. The lowest BCUT2D eigenvalue weighted by atomic mass is 9.87. The molecule has 1 rings (SSSR count). The molecular formula is C15H28O2. The molecule has 2 atom stereocenters.